The first-order valence-electron chi connectivity index (χ1n) is 8.11. The maximum absolute atomic E-state index is 12.4. The lowest BCUT2D eigenvalue weighted by Gasteiger charge is -2.29. The van der Waals surface area contributed by atoms with Gasteiger partial charge in [0.2, 0.25) is 0 Å². The summed E-state index contributed by atoms with van der Waals surface area (Å²) in [6.07, 6.45) is 4.18. The SMILES string of the molecule is CCOc1ccc(C(=O)N[C@@H]2CCCC[C@H]2N)cc1OCC. The van der Waals surface area contributed by atoms with Gasteiger partial charge in [-0.1, -0.05) is 12.8 Å². The average molecular weight is 306 g/mol. The summed E-state index contributed by atoms with van der Waals surface area (Å²) in [6, 6.07) is 5.38. The van der Waals surface area contributed by atoms with Crippen molar-refractivity contribution >= 4 is 5.91 Å². The van der Waals surface area contributed by atoms with Crippen molar-refractivity contribution in [1.82, 2.24) is 5.32 Å². The van der Waals surface area contributed by atoms with E-state index in [1.54, 1.807) is 18.2 Å². The van der Waals surface area contributed by atoms with Crippen molar-refractivity contribution in [2.24, 2.45) is 5.73 Å². The van der Waals surface area contributed by atoms with Crippen molar-refractivity contribution in [2.75, 3.05) is 13.2 Å². The summed E-state index contributed by atoms with van der Waals surface area (Å²) in [5.74, 6) is 1.16. The van der Waals surface area contributed by atoms with Crippen molar-refractivity contribution in [3.63, 3.8) is 0 Å². The molecule has 122 valence electrons. The Morgan fingerprint density at radius 1 is 1.18 bits per heavy atom. The Labute approximate surface area is 132 Å². The highest BCUT2D eigenvalue weighted by Gasteiger charge is 2.24. The van der Waals surface area contributed by atoms with E-state index in [4.69, 9.17) is 15.2 Å². The molecule has 0 heterocycles. The fourth-order valence-electron chi connectivity index (χ4n) is 2.78. The van der Waals surface area contributed by atoms with Gasteiger partial charge in [0.25, 0.3) is 5.91 Å². The number of nitrogens with two attached hydrogens (primary N) is 1. The van der Waals surface area contributed by atoms with Crippen LogP contribution in [0.4, 0.5) is 0 Å². The van der Waals surface area contributed by atoms with Gasteiger partial charge in [0.15, 0.2) is 11.5 Å². The van der Waals surface area contributed by atoms with Crippen LogP contribution in [0.1, 0.15) is 49.9 Å². The Balaban J connectivity index is 2.09. The summed E-state index contributed by atoms with van der Waals surface area (Å²) >= 11 is 0. The van der Waals surface area contributed by atoms with Gasteiger partial charge in [0.1, 0.15) is 0 Å². The van der Waals surface area contributed by atoms with Gasteiger partial charge in [-0.15, -0.1) is 0 Å². The molecular weight excluding hydrogens is 280 g/mol. The highest BCUT2D eigenvalue weighted by Crippen LogP contribution is 2.28. The summed E-state index contributed by atoms with van der Waals surface area (Å²) in [5, 5.41) is 3.05. The van der Waals surface area contributed by atoms with Gasteiger partial charge in [0, 0.05) is 17.6 Å². The minimum atomic E-state index is -0.105. The molecular formula is C17H26N2O3. The van der Waals surface area contributed by atoms with Crippen LogP contribution < -0.4 is 20.5 Å². The van der Waals surface area contributed by atoms with Gasteiger partial charge in [-0.25, -0.2) is 0 Å². The highest BCUT2D eigenvalue weighted by molar-refractivity contribution is 5.95. The van der Waals surface area contributed by atoms with Gasteiger partial charge in [0.05, 0.1) is 13.2 Å². The summed E-state index contributed by atoms with van der Waals surface area (Å²) in [7, 11) is 0. The number of benzene rings is 1. The number of hydrogen-bond acceptors (Lipinski definition) is 4. The molecule has 1 aliphatic carbocycles. The second kappa shape index (κ2) is 8.03. The predicted octanol–water partition coefficient (Wildman–Crippen LogP) is 2.48. The fraction of sp³-hybridized carbons (Fsp3) is 0.588. The third-order valence-corrected chi connectivity index (χ3v) is 3.94. The van der Waals surface area contributed by atoms with Crippen LogP contribution in [0, 0.1) is 0 Å². The maximum Gasteiger partial charge on any atom is 0.251 e. The minimum Gasteiger partial charge on any atom is -0.490 e. The molecule has 1 aromatic rings. The van der Waals surface area contributed by atoms with Gasteiger partial charge in [-0.05, 0) is 44.9 Å². The Kier molecular flexibility index (Phi) is 6.07. The number of carbonyl (C=O) groups is 1. The smallest absolute Gasteiger partial charge is 0.251 e. The molecule has 2 rings (SSSR count). The van der Waals surface area contributed by atoms with Gasteiger partial charge < -0.3 is 20.5 Å². The van der Waals surface area contributed by atoms with Crippen molar-refractivity contribution in [2.45, 2.75) is 51.6 Å². The molecule has 1 aliphatic rings. The highest BCUT2D eigenvalue weighted by atomic mass is 16.5. The third-order valence-electron chi connectivity index (χ3n) is 3.94. The van der Waals surface area contributed by atoms with Crippen LogP contribution in [0.3, 0.4) is 0 Å². The molecule has 3 N–H and O–H groups in total. The largest absolute Gasteiger partial charge is 0.490 e. The molecule has 0 aliphatic heterocycles. The first-order valence-corrected chi connectivity index (χ1v) is 8.11. The van der Waals surface area contributed by atoms with E-state index in [2.05, 4.69) is 5.32 Å². The molecule has 0 aromatic heterocycles. The van der Waals surface area contributed by atoms with Crippen LogP contribution in [-0.4, -0.2) is 31.2 Å². The van der Waals surface area contributed by atoms with Crippen molar-refractivity contribution < 1.29 is 14.3 Å². The number of nitrogens with one attached hydrogen (secondary N) is 1. The van der Waals surface area contributed by atoms with E-state index in [0.29, 0.717) is 30.3 Å². The Morgan fingerprint density at radius 2 is 1.86 bits per heavy atom. The Bertz CT molecular complexity index is 505. The summed E-state index contributed by atoms with van der Waals surface area (Å²) in [4.78, 5) is 12.4. The van der Waals surface area contributed by atoms with E-state index in [1.807, 2.05) is 13.8 Å². The summed E-state index contributed by atoms with van der Waals surface area (Å²) in [5.41, 5.74) is 6.66. The quantitative estimate of drug-likeness (QED) is 0.847. The monoisotopic (exact) mass is 306 g/mol. The van der Waals surface area contributed by atoms with Crippen molar-refractivity contribution in [1.29, 1.82) is 0 Å². The third kappa shape index (κ3) is 4.13. The van der Waals surface area contributed by atoms with Crippen LogP contribution in [0.25, 0.3) is 0 Å². The molecule has 22 heavy (non-hydrogen) atoms. The van der Waals surface area contributed by atoms with E-state index in [9.17, 15) is 4.79 Å². The summed E-state index contributed by atoms with van der Waals surface area (Å²) < 4.78 is 11.1. The molecule has 0 saturated heterocycles. The van der Waals surface area contributed by atoms with E-state index >= 15 is 0 Å². The van der Waals surface area contributed by atoms with Crippen LogP contribution >= 0.6 is 0 Å². The Morgan fingerprint density at radius 3 is 2.55 bits per heavy atom. The first-order chi connectivity index (χ1) is 10.7. The number of rotatable bonds is 6. The van der Waals surface area contributed by atoms with Gasteiger partial charge in [-0.2, -0.15) is 0 Å². The minimum absolute atomic E-state index is 0.0479. The predicted molar refractivity (Wildman–Crippen MR) is 86.5 cm³/mol. The standard InChI is InChI=1S/C17H26N2O3/c1-3-21-15-10-9-12(11-16(15)22-4-2)17(20)19-14-8-6-5-7-13(14)18/h9-11,13-14H,3-8,18H2,1-2H3,(H,19,20)/t13-,14-/m1/s1. The Hall–Kier alpha value is -1.75. The molecule has 2 atom stereocenters. The van der Waals surface area contributed by atoms with E-state index < -0.39 is 0 Å². The lowest BCUT2D eigenvalue weighted by atomic mass is 9.91. The molecule has 0 radical (unpaired) electrons. The number of ether oxygens (including phenoxy) is 2. The molecule has 0 spiro atoms. The number of amides is 1. The molecule has 1 aromatic carbocycles. The zero-order chi connectivity index (χ0) is 15.9. The molecule has 1 amide bonds. The molecule has 0 bridgehead atoms. The van der Waals surface area contributed by atoms with E-state index in [0.717, 1.165) is 25.7 Å². The first kappa shape index (κ1) is 16.6. The van der Waals surface area contributed by atoms with Gasteiger partial charge in [-0.3, -0.25) is 4.79 Å². The van der Waals surface area contributed by atoms with Crippen molar-refractivity contribution in [3.8, 4) is 11.5 Å². The lowest BCUT2D eigenvalue weighted by Crippen LogP contribution is -2.49. The average Bonchev–Trinajstić information content (AvgIpc) is 2.51. The zero-order valence-electron chi connectivity index (χ0n) is 13.4. The lowest BCUT2D eigenvalue weighted by molar-refractivity contribution is 0.0920. The van der Waals surface area contributed by atoms with Crippen LogP contribution in [0.2, 0.25) is 0 Å². The normalized spacial score (nSPS) is 21.2. The topological polar surface area (TPSA) is 73.6 Å². The van der Waals surface area contributed by atoms with Crippen molar-refractivity contribution in [3.05, 3.63) is 23.8 Å². The van der Waals surface area contributed by atoms with Gasteiger partial charge >= 0.3 is 0 Å². The number of hydrogen-bond donors (Lipinski definition) is 2. The molecule has 0 unspecified atom stereocenters. The molecule has 1 fully saturated rings. The van der Waals surface area contributed by atoms with E-state index in [-0.39, 0.29) is 18.0 Å². The molecule has 5 nitrogen and oxygen atoms in total. The zero-order valence-corrected chi connectivity index (χ0v) is 13.4. The maximum atomic E-state index is 12.4. The fourth-order valence-corrected chi connectivity index (χ4v) is 2.78. The molecule has 5 heteroatoms. The second-order valence-corrected chi connectivity index (χ2v) is 5.56. The number of carbonyl (C=O) groups excluding carboxylic acids is 1. The molecule has 1 saturated carbocycles. The van der Waals surface area contributed by atoms with Crippen LogP contribution in [0.15, 0.2) is 18.2 Å². The van der Waals surface area contributed by atoms with Crippen LogP contribution in [-0.2, 0) is 0 Å². The second-order valence-electron chi connectivity index (χ2n) is 5.56. The van der Waals surface area contributed by atoms with E-state index in [1.165, 1.54) is 0 Å². The summed E-state index contributed by atoms with van der Waals surface area (Å²) in [6.45, 7) is 4.91. The van der Waals surface area contributed by atoms with Crippen LogP contribution in [0.5, 0.6) is 11.5 Å².